The second kappa shape index (κ2) is 10.0. The third kappa shape index (κ3) is 7.18. The number of amides is 1. The van der Waals surface area contributed by atoms with Crippen molar-refractivity contribution in [1.29, 1.82) is 0 Å². The third-order valence-electron chi connectivity index (χ3n) is 5.25. The summed E-state index contributed by atoms with van der Waals surface area (Å²) < 4.78 is 65.0. The number of aromatic amines is 1. The molecule has 14 heteroatoms. The number of aromatic nitrogens is 2. The van der Waals surface area contributed by atoms with E-state index in [9.17, 15) is 31.2 Å². The summed E-state index contributed by atoms with van der Waals surface area (Å²) in [7, 11) is -3.83. The number of alkyl halides is 3. The van der Waals surface area contributed by atoms with Crippen LogP contribution in [0.5, 0.6) is 0 Å². The van der Waals surface area contributed by atoms with Gasteiger partial charge in [-0.1, -0.05) is 0 Å². The van der Waals surface area contributed by atoms with Gasteiger partial charge in [0.25, 0.3) is 5.56 Å². The molecule has 1 saturated carbocycles. The van der Waals surface area contributed by atoms with E-state index in [1.54, 1.807) is 0 Å². The molecule has 34 heavy (non-hydrogen) atoms. The smallest absolute Gasteiger partial charge is 0.407 e. The van der Waals surface area contributed by atoms with Crippen LogP contribution in [0.4, 0.5) is 29.5 Å². The van der Waals surface area contributed by atoms with Crippen molar-refractivity contribution in [2.45, 2.75) is 61.7 Å². The van der Waals surface area contributed by atoms with Crippen molar-refractivity contribution in [3.63, 3.8) is 0 Å². The summed E-state index contributed by atoms with van der Waals surface area (Å²) in [5.41, 5.74) is 0.464. The molecule has 1 aromatic carbocycles. The Labute approximate surface area is 193 Å². The molecule has 0 unspecified atom stereocenters. The van der Waals surface area contributed by atoms with E-state index >= 15 is 0 Å². The Kier molecular flexibility index (Phi) is 7.51. The molecule has 0 aliphatic heterocycles. The van der Waals surface area contributed by atoms with Gasteiger partial charge in [-0.15, -0.1) is 0 Å². The van der Waals surface area contributed by atoms with Gasteiger partial charge in [0.2, 0.25) is 10.0 Å². The lowest BCUT2D eigenvalue weighted by atomic mass is 10.0. The van der Waals surface area contributed by atoms with Gasteiger partial charge >= 0.3 is 12.3 Å². The number of hydrogen-bond acceptors (Lipinski definition) is 7. The number of nitrogens with zero attached hydrogens (tertiary/aromatic N) is 1. The highest BCUT2D eigenvalue weighted by molar-refractivity contribution is 7.89. The second-order valence-electron chi connectivity index (χ2n) is 8.11. The first-order chi connectivity index (χ1) is 15.8. The van der Waals surface area contributed by atoms with Crippen molar-refractivity contribution in [2.24, 2.45) is 5.14 Å². The molecule has 0 bridgehead atoms. The molecule has 3 atom stereocenters. The topological polar surface area (TPSA) is 156 Å². The number of primary sulfonamides is 1. The molecule has 3 rings (SSSR count). The van der Waals surface area contributed by atoms with E-state index in [4.69, 9.17) is 9.88 Å². The summed E-state index contributed by atoms with van der Waals surface area (Å²) in [4.78, 5) is 31.1. The molecule has 5 N–H and O–H groups in total. The number of sulfonamides is 1. The quantitative estimate of drug-likeness (QED) is 0.453. The summed E-state index contributed by atoms with van der Waals surface area (Å²) in [6.45, 7) is 1.24. The molecular weight excluding hydrogens is 479 g/mol. The summed E-state index contributed by atoms with van der Waals surface area (Å²) in [5, 5.41) is 10.0. The zero-order valence-electron chi connectivity index (χ0n) is 18.1. The maximum Gasteiger partial charge on any atom is 0.407 e. The Balaban J connectivity index is 1.56. The zero-order chi connectivity index (χ0) is 25.1. The minimum atomic E-state index is -4.39. The molecule has 1 amide bonds. The maximum atomic E-state index is 12.4. The van der Waals surface area contributed by atoms with E-state index in [1.165, 1.54) is 37.4 Å². The predicted molar refractivity (Wildman–Crippen MR) is 116 cm³/mol. The standard InChI is InChI=1S/C20H24F3N5O5S/c1-11(9-20(21,22)23)26-19(30)33-14-5-2-12(8-14)16-10-25-17(18(29)28-16)27-13-3-6-15(7-4-13)34(24,31)32/h3-4,6-7,10-12,14H,2,5,8-9H2,1H3,(H,25,27)(H,26,30)(H,28,29)(H2,24,31,32)/t11-,12+,14-/m0/s1. The molecule has 0 spiro atoms. The van der Waals surface area contributed by atoms with Crippen LogP contribution in [0, 0.1) is 0 Å². The summed E-state index contributed by atoms with van der Waals surface area (Å²) in [6, 6.07) is 4.35. The largest absolute Gasteiger partial charge is 0.446 e. The molecule has 0 radical (unpaired) electrons. The van der Waals surface area contributed by atoms with E-state index in [1.807, 2.05) is 0 Å². The van der Waals surface area contributed by atoms with Gasteiger partial charge in [-0.3, -0.25) is 4.79 Å². The monoisotopic (exact) mass is 503 g/mol. The summed E-state index contributed by atoms with van der Waals surface area (Å²) in [5.74, 6) is -0.148. The van der Waals surface area contributed by atoms with E-state index < -0.39 is 46.4 Å². The number of nitrogens with two attached hydrogens (primary N) is 1. The number of ether oxygens (including phenoxy) is 1. The zero-order valence-corrected chi connectivity index (χ0v) is 18.9. The van der Waals surface area contributed by atoms with Gasteiger partial charge in [-0.25, -0.2) is 23.3 Å². The number of hydrogen-bond donors (Lipinski definition) is 4. The van der Waals surface area contributed by atoms with Crippen LogP contribution in [-0.4, -0.2) is 42.8 Å². The molecule has 1 aromatic heterocycles. The Morgan fingerprint density at radius 1 is 1.29 bits per heavy atom. The van der Waals surface area contributed by atoms with Gasteiger partial charge in [0, 0.05) is 29.5 Å². The number of anilines is 2. The lowest BCUT2D eigenvalue weighted by Gasteiger charge is -2.18. The third-order valence-corrected chi connectivity index (χ3v) is 6.18. The van der Waals surface area contributed by atoms with Crippen LogP contribution >= 0.6 is 0 Å². The fraction of sp³-hybridized carbons (Fsp3) is 0.450. The highest BCUT2D eigenvalue weighted by atomic mass is 32.2. The van der Waals surface area contributed by atoms with Crippen LogP contribution < -0.4 is 21.3 Å². The van der Waals surface area contributed by atoms with Gasteiger partial charge in [0.1, 0.15) is 6.10 Å². The molecule has 10 nitrogen and oxygen atoms in total. The highest BCUT2D eigenvalue weighted by Gasteiger charge is 2.33. The predicted octanol–water partition coefficient (Wildman–Crippen LogP) is 2.86. The Morgan fingerprint density at radius 3 is 2.56 bits per heavy atom. The number of halogens is 3. The number of H-pyrrole nitrogens is 1. The number of nitrogens with one attached hydrogen (secondary N) is 3. The van der Waals surface area contributed by atoms with Crippen molar-refractivity contribution in [3.8, 4) is 0 Å². The first-order valence-corrected chi connectivity index (χ1v) is 11.9. The van der Waals surface area contributed by atoms with Crippen LogP contribution in [-0.2, 0) is 14.8 Å². The molecule has 1 aliphatic rings. The number of carbonyl (C=O) groups is 1. The molecule has 0 saturated heterocycles. The van der Waals surface area contributed by atoms with Crippen LogP contribution in [0.25, 0.3) is 0 Å². The van der Waals surface area contributed by atoms with Crippen LogP contribution in [0.1, 0.15) is 44.2 Å². The van der Waals surface area contributed by atoms with Crippen molar-refractivity contribution in [3.05, 3.63) is 46.5 Å². The fourth-order valence-electron chi connectivity index (χ4n) is 3.69. The number of carbonyl (C=O) groups excluding carboxylic acids is 1. The van der Waals surface area contributed by atoms with Gasteiger partial charge in [0.15, 0.2) is 5.82 Å². The normalized spacial score (nSPS) is 19.4. The summed E-state index contributed by atoms with van der Waals surface area (Å²) in [6.07, 6.45) is -4.01. The first kappa shape index (κ1) is 25.5. The lowest BCUT2D eigenvalue weighted by molar-refractivity contribution is -0.138. The van der Waals surface area contributed by atoms with Crippen LogP contribution in [0.3, 0.4) is 0 Å². The van der Waals surface area contributed by atoms with E-state index in [0.29, 0.717) is 30.6 Å². The van der Waals surface area contributed by atoms with Gasteiger partial charge in [-0.2, -0.15) is 13.2 Å². The van der Waals surface area contributed by atoms with Crippen molar-refractivity contribution < 1.29 is 31.1 Å². The van der Waals surface area contributed by atoms with E-state index in [-0.39, 0.29) is 16.6 Å². The van der Waals surface area contributed by atoms with Gasteiger partial charge < -0.3 is 20.4 Å². The molecule has 2 aromatic rings. The van der Waals surface area contributed by atoms with Gasteiger partial charge in [-0.05, 0) is 50.5 Å². The van der Waals surface area contributed by atoms with Crippen LogP contribution in [0.15, 0.2) is 40.2 Å². The van der Waals surface area contributed by atoms with Crippen molar-refractivity contribution >= 4 is 27.6 Å². The summed E-state index contributed by atoms with van der Waals surface area (Å²) >= 11 is 0. The van der Waals surface area contributed by atoms with E-state index in [0.717, 1.165) is 0 Å². The SMILES string of the molecule is C[C@@H](CC(F)(F)F)NC(=O)O[C@H]1CC[C@@H](c2cnc(Nc3ccc(S(N)(=O)=O)cc3)c(=O)[nH]2)C1. The minimum Gasteiger partial charge on any atom is -0.446 e. The first-order valence-electron chi connectivity index (χ1n) is 10.3. The number of alkyl carbamates (subject to hydrolysis) is 1. The molecule has 1 aliphatic carbocycles. The maximum absolute atomic E-state index is 12.4. The number of rotatable bonds is 7. The van der Waals surface area contributed by atoms with Crippen molar-refractivity contribution in [2.75, 3.05) is 5.32 Å². The minimum absolute atomic E-state index is 0.00377. The average molecular weight is 504 g/mol. The van der Waals surface area contributed by atoms with E-state index in [2.05, 4.69) is 20.6 Å². The second-order valence-corrected chi connectivity index (χ2v) is 9.67. The number of benzene rings is 1. The average Bonchev–Trinajstić information content (AvgIpc) is 3.16. The molecular formula is C20H24F3N5O5S. The highest BCUT2D eigenvalue weighted by Crippen LogP contribution is 2.34. The lowest BCUT2D eigenvalue weighted by Crippen LogP contribution is -2.37. The Bertz CT molecular complexity index is 1180. The van der Waals surface area contributed by atoms with Crippen LogP contribution in [0.2, 0.25) is 0 Å². The van der Waals surface area contributed by atoms with Gasteiger partial charge in [0.05, 0.1) is 11.3 Å². The molecule has 186 valence electrons. The van der Waals surface area contributed by atoms with Crippen molar-refractivity contribution in [1.82, 2.24) is 15.3 Å². The fourth-order valence-corrected chi connectivity index (χ4v) is 4.21. The molecule has 1 fully saturated rings. The Morgan fingerprint density at radius 2 is 1.97 bits per heavy atom. The Hall–Kier alpha value is -3.13. The molecule has 1 heterocycles.